The fourth-order valence-electron chi connectivity index (χ4n) is 1.88. The van der Waals surface area contributed by atoms with E-state index in [0.29, 0.717) is 5.69 Å². The topological polar surface area (TPSA) is 59.2 Å². The first-order valence-electron chi connectivity index (χ1n) is 6.31. The quantitative estimate of drug-likeness (QED) is 0.935. The van der Waals surface area contributed by atoms with Gasteiger partial charge in [0.25, 0.3) is 5.91 Å². The molecule has 0 saturated heterocycles. The standard InChI is InChI=1S/C15H16FN3O/c1-3-10-4-6-11(7-5-10)19(2)15(20)12-8-9-18-14(17)13(12)16/h4-9H,3H2,1-2H3,(H2,17,18). The molecule has 0 aliphatic heterocycles. The Balaban J connectivity index is 2.29. The van der Waals surface area contributed by atoms with Crippen molar-refractivity contribution in [2.45, 2.75) is 13.3 Å². The molecule has 0 bridgehead atoms. The van der Waals surface area contributed by atoms with Crippen LogP contribution in [-0.4, -0.2) is 17.9 Å². The Hall–Kier alpha value is -2.43. The zero-order valence-corrected chi connectivity index (χ0v) is 11.4. The van der Waals surface area contributed by atoms with Gasteiger partial charge in [-0.25, -0.2) is 9.37 Å². The van der Waals surface area contributed by atoms with Gasteiger partial charge in [0.1, 0.15) is 0 Å². The number of carbonyl (C=O) groups excluding carboxylic acids is 1. The molecule has 0 atom stereocenters. The van der Waals surface area contributed by atoms with Crippen LogP contribution in [0.25, 0.3) is 0 Å². The number of hydrogen-bond acceptors (Lipinski definition) is 3. The van der Waals surface area contributed by atoms with Gasteiger partial charge in [-0.15, -0.1) is 0 Å². The Kier molecular flexibility index (Phi) is 3.98. The Morgan fingerprint density at radius 3 is 2.55 bits per heavy atom. The molecular weight excluding hydrogens is 257 g/mol. The molecule has 1 amide bonds. The van der Waals surface area contributed by atoms with Crippen LogP contribution in [0, 0.1) is 5.82 Å². The van der Waals surface area contributed by atoms with Crippen LogP contribution in [-0.2, 0) is 6.42 Å². The van der Waals surface area contributed by atoms with Crippen LogP contribution in [0.15, 0.2) is 36.5 Å². The normalized spacial score (nSPS) is 10.3. The van der Waals surface area contributed by atoms with Gasteiger partial charge < -0.3 is 10.6 Å². The average Bonchev–Trinajstić information content (AvgIpc) is 2.48. The number of carbonyl (C=O) groups is 1. The van der Waals surface area contributed by atoms with Gasteiger partial charge >= 0.3 is 0 Å². The molecule has 1 aromatic carbocycles. The van der Waals surface area contributed by atoms with Crippen molar-refractivity contribution in [1.29, 1.82) is 0 Å². The smallest absolute Gasteiger partial charge is 0.261 e. The number of nitrogens with zero attached hydrogens (tertiary/aromatic N) is 2. The maximum absolute atomic E-state index is 13.8. The van der Waals surface area contributed by atoms with Crippen LogP contribution in [0.5, 0.6) is 0 Å². The van der Waals surface area contributed by atoms with Gasteiger partial charge in [-0.3, -0.25) is 4.79 Å². The lowest BCUT2D eigenvalue weighted by Crippen LogP contribution is -2.27. The Morgan fingerprint density at radius 2 is 1.95 bits per heavy atom. The molecule has 0 radical (unpaired) electrons. The lowest BCUT2D eigenvalue weighted by molar-refractivity contribution is 0.0989. The summed E-state index contributed by atoms with van der Waals surface area (Å²) in [6, 6.07) is 8.87. The van der Waals surface area contributed by atoms with Crippen LogP contribution in [0.3, 0.4) is 0 Å². The van der Waals surface area contributed by atoms with Gasteiger partial charge in [0.15, 0.2) is 11.6 Å². The molecule has 20 heavy (non-hydrogen) atoms. The van der Waals surface area contributed by atoms with E-state index in [9.17, 15) is 9.18 Å². The molecule has 0 spiro atoms. The fraction of sp³-hybridized carbons (Fsp3) is 0.200. The predicted molar refractivity (Wildman–Crippen MR) is 77.2 cm³/mol. The molecule has 0 aliphatic carbocycles. The second-order valence-electron chi connectivity index (χ2n) is 4.44. The maximum Gasteiger partial charge on any atom is 0.261 e. The summed E-state index contributed by atoms with van der Waals surface area (Å²) in [4.78, 5) is 17.3. The molecular formula is C15H16FN3O. The minimum absolute atomic E-state index is 0.0837. The molecule has 2 aromatic rings. The molecule has 2 rings (SSSR count). The number of rotatable bonds is 3. The van der Waals surface area contributed by atoms with Crippen LogP contribution in [0.2, 0.25) is 0 Å². The van der Waals surface area contributed by atoms with E-state index in [0.717, 1.165) is 6.42 Å². The summed E-state index contributed by atoms with van der Waals surface area (Å²) in [5.74, 6) is -1.51. The van der Waals surface area contributed by atoms with Crippen LogP contribution < -0.4 is 10.6 Å². The molecule has 4 nitrogen and oxygen atoms in total. The Labute approximate surface area is 117 Å². The zero-order chi connectivity index (χ0) is 14.7. The lowest BCUT2D eigenvalue weighted by Gasteiger charge is -2.18. The number of nitrogen functional groups attached to an aromatic ring is 1. The van der Waals surface area contributed by atoms with E-state index in [1.54, 1.807) is 7.05 Å². The molecule has 0 aliphatic rings. The van der Waals surface area contributed by atoms with Gasteiger partial charge in [0, 0.05) is 18.9 Å². The summed E-state index contributed by atoms with van der Waals surface area (Å²) in [6.45, 7) is 2.05. The average molecular weight is 273 g/mol. The van der Waals surface area contributed by atoms with Crippen molar-refractivity contribution in [3.05, 3.63) is 53.5 Å². The van der Waals surface area contributed by atoms with Crippen molar-refractivity contribution in [3.63, 3.8) is 0 Å². The van der Waals surface area contributed by atoms with Crippen molar-refractivity contribution in [1.82, 2.24) is 4.98 Å². The second kappa shape index (κ2) is 5.69. The van der Waals surface area contributed by atoms with Crippen LogP contribution in [0.1, 0.15) is 22.8 Å². The molecule has 104 valence electrons. The number of nitrogens with two attached hydrogens (primary N) is 1. The number of amides is 1. The van der Waals surface area contributed by atoms with Gasteiger partial charge in [0.05, 0.1) is 5.56 Å². The molecule has 1 aromatic heterocycles. The van der Waals surface area contributed by atoms with Crippen LogP contribution >= 0.6 is 0 Å². The second-order valence-corrected chi connectivity index (χ2v) is 4.44. The van der Waals surface area contributed by atoms with E-state index in [-0.39, 0.29) is 11.4 Å². The number of pyridine rings is 1. The van der Waals surface area contributed by atoms with E-state index in [1.165, 1.54) is 22.7 Å². The van der Waals surface area contributed by atoms with E-state index in [1.807, 2.05) is 24.3 Å². The molecule has 5 heteroatoms. The van der Waals surface area contributed by atoms with Crippen molar-refractivity contribution < 1.29 is 9.18 Å². The number of anilines is 2. The number of benzene rings is 1. The molecule has 0 unspecified atom stereocenters. The van der Waals surface area contributed by atoms with Gasteiger partial charge in [-0.1, -0.05) is 19.1 Å². The van der Waals surface area contributed by atoms with Crippen molar-refractivity contribution in [2.75, 3.05) is 17.7 Å². The van der Waals surface area contributed by atoms with Crippen molar-refractivity contribution in [3.8, 4) is 0 Å². The summed E-state index contributed by atoms with van der Waals surface area (Å²) in [7, 11) is 1.60. The highest BCUT2D eigenvalue weighted by molar-refractivity contribution is 6.06. The number of aromatic nitrogens is 1. The summed E-state index contributed by atoms with van der Waals surface area (Å²) < 4.78 is 13.8. The maximum atomic E-state index is 13.8. The summed E-state index contributed by atoms with van der Waals surface area (Å²) in [5.41, 5.74) is 7.17. The van der Waals surface area contributed by atoms with Gasteiger partial charge in [0.2, 0.25) is 0 Å². The minimum Gasteiger partial charge on any atom is -0.381 e. The van der Waals surface area contributed by atoms with E-state index in [4.69, 9.17) is 5.73 Å². The summed E-state index contributed by atoms with van der Waals surface area (Å²) >= 11 is 0. The molecule has 0 saturated carbocycles. The van der Waals surface area contributed by atoms with Crippen molar-refractivity contribution >= 4 is 17.4 Å². The van der Waals surface area contributed by atoms with E-state index in [2.05, 4.69) is 11.9 Å². The van der Waals surface area contributed by atoms with Gasteiger partial charge in [-0.2, -0.15) is 0 Å². The van der Waals surface area contributed by atoms with Crippen LogP contribution in [0.4, 0.5) is 15.9 Å². The largest absolute Gasteiger partial charge is 0.381 e. The fourth-order valence-corrected chi connectivity index (χ4v) is 1.88. The Bertz CT molecular complexity index is 626. The summed E-state index contributed by atoms with van der Waals surface area (Å²) in [6.07, 6.45) is 2.24. The third-order valence-electron chi connectivity index (χ3n) is 3.18. The first-order valence-corrected chi connectivity index (χ1v) is 6.31. The molecule has 2 N–H and O–H groups in total. The monoisotopic (exact) mass is 273 g/mol. The van der Waals surface area contributed by atoms with E-state index < -0.39 is 11.7 Å². The highest BCUT2D eigenvalue weighted by Crippen LogP contribution is 2.19. The predicted octanol–water partition coefficient (Wildman–Crippen LogP) is 2.64. The zero-order valence-electron chi connectivity index (χ0n) is 11.4. The minimum atomic E-state index is -0.783. The third kappa shape index (κ3) is 2.61. The first-order chi connectivity index (χ1) is 9.54. The first kappa shape index (κ1) is 14.0. The number of hydrogen-bond donors (Lipinski definition) is 1. The number of aryl methyl sites for hydroxylation is 1. The Morgan fingerprint density at radius 1 is 1.30 bits per heavy atom. The van der Waals surface area contributed by atoms with E-state index >= 15 is 0 Å². The highest BCUT2D eigenvalue weighted by atomic mass is 19.1. The highest BCUT2D eigenvalue weighted by Gasteiger charge is 2.19. The van der Waals surface area contributed by atoms with Crippen molar-refractivity contribution in [2.24, 2.45) is 0 Å². The molecule has 1 heterocycles. The molecule has 0 fully saturated rings. The number of halogens is 1. The van der Waals surface area contributed by atoms with Gasteiger partial charge in [-0.05, 0) is 30.2 Å². The lowest BCUT2D eigenvalue weighted by atomic mass is 10.1. The summed E-state index contributed by atoms with van der Waals surface area (Å²) in [5, 5.41) is 0. The third-order valence-corrected chi connectivity index (χ3v) is 3.18. The SMILES string of the molecule is CCc1ccc(N(C)C(=O)c2ccnc(N)c2F)cc1.